The lowest BCUT2D eigenvalue weighted by molar-refractivity contribution is 0.117. The quantitative estimate of drug-likeness (QED) is 0.762. The van der Waals surface area contributed by atoms with Gasteiger partial charge in [0.05, 0.1) is 18.7 Å². The van der Waals surface area contributed by atoms with Crippen molar-refractivity contribution in [3.05, 3.63) is 41.0 Å². The standard InChI is InChI=1S/C16H16ClN3O3/c1-16(2,3)23-15-13(21-5)14(19-9-20-15)22-12-7-6-10(18-4)8-11(12)17/h6-9H,1-3,5H3. The van der Waals surface area contributed by atoms with E-state index in [2.05, 4.69) is 14.8 Å². The lowest BCUT2D eigenvalue weighted by atomic mass is 10.2. The molecule has 0 atom stereocenters. The summed E-state index contributed by atoms with van der Waals surface area (Å²) in [5.74, 6) is 1.09. The minimum atomic E-state index is -0.451. The molecule has 0 radical (unpaired) electrons. The van der Waals surface area contributed by atoms with E-state index in [0.717, 1.165) is 0 Å². The highest BCUT2D eigenvalue weighted by atomic mass is 35.5. The van der Waals surface area contributed by atoms with Crippen LogP contribution in [-0.2, 0) is 0 Å². The summed E-state index contributed by atoms with van der Waals surface area (Å²) < 4.78 is 16.7. The van der Waals surface area contributed by atoms with Gasteiger partial charge in [-0.25, -0.2) is 4.85 Å². The molecule has 6 nitrogen and oxygen atoms in total. The zero-order chi connectivity index (χ0) is 17.0. The molecular formula is C16H16ClN3O3. The van der Waals surface area contributed by atoms with Gasteiger partial charge in [0, 0.05) is 0 Å². The van der Waals surface area contributed by atoms with E-state index in [1.165, 1.54) is 19.5 Å². The summed E-state index contributed by atoms with van der Waals surface area (Å²) in [6.07, 6.45) is 1.32. The van der Waals surface area contributed by atoms with Gasteiger partial charge in [0.25, 0.3) is 11.8 Å². The van der Waals surface area contributed by atoms with Crippen molar-refractivity contribution in [1.82, 2.24) is 9.97 Å². The first-order valence-corrected chi connectivity index (χ1v) is 7.14. The van der Waals surface area contributed by atoms with E-state index in [0.29, 0.717) is 16.5 Å². The zero-order valence-electron chi connectivity index (χ0n) is 13.3. The highest BCUT2D eigenvalue weighted by Gasteiger charge is 2.21. The molecule has 0 N–H and O–H groups in total. The van der Waals surface area contributed by atoms with Gasteiger partial charge in [-0.1, -0.05) is 17.7 Å². The van der Waals surface area contributed by atoms with Crippen LogP contribution in [0.1, 0.15) is 20.8 Å². The molecule has 0 spiro atoms. The normalized spacial score (nSPS) is 10.8. The van der Waals surface area contributed by atoms with Crippen LogP contribution in [0.5, 0.6) is 23.3 Å². The number of hydrogen-bond donors (Lipinski definition) is 0. The second-order valence-electron chi connectivity index (χ2n) is 5.56. The van der Waals surface area contributed by atoms with Gasteiger partial charge in [-0.2, -0.15) is 9.97 Å². The Labute approximate surface area is 139 Å². The number of benzene rings is 1. The third kappa shape index (κ3) is 4.24. The molecule has 1 aromatic heterocycles. The minimum Gasteiger partial charge on any atom is -0.487 e. The molecule has 0 unspecified atom stereocenters. The van der Waals surface area contributed by atoms with Gasteiger partial charge >= 0.3 is 0 Å². The van der Waals surface area contributed by atoms with Crippen LogP contribution in [0.2, 0.25) is 5.02 Å². The molecule has 0 saturated heterocycles. The van der Waals surface area contributed by atoms with Crippen molar-refractivity contribution in [2.24, 2.45) is 0 Å². The van der Waals surface area contributed by atoms with E-state index in [1.807, 2.05) is 20.8 Å². The van der Waals surface area contributed by atoms with Crippen LogP contribution in [0.4, 0.5) is 5.69 Å². The number of aromatic nitrogens is 2. The number of ether oxygens (including phenoxy) is 3. The SMILES string of the molecule is [C-]#[N+]c1ccc(Oc2ncnc(OC(C)(C)C)c2OC)c(Cl)c1. The fourth-order valence-corrected chi connectivity index (χ4v) is 1.91. The molecule has 1 heterocycles. The maximum atomic E-state index is 6.98. The maximum absolute atomic E-state index is 6.98. The number of rotatable bonds is 4. The Kier molecular flexibility index (Phi) is 4.92. The van der Waals surface area contributed by atoms with Crippen LogP contribution in [0.15, 0.2) is 24.5 Å². The van der Waals surface area contributed by atoms with Crippen LogP contribution >= 0.6 is 11.6 Å². The van der Waals surface area contributed by atoms with Gasteiger partial charge in [0.2, 0.25) is 5.75 Å². The van der Waals surface area contributed by atoms with Crippen molar-refractivity contribution in [2.75, 3.05) is 7.11 Å². The second-order valence-corrected chi connectivity index (χ2v) is 5.97. The third-order valence-corrected chi connectivity index (χ3v) is 2.89. The summed E-state index contributed by atoms with van der Waals surface area (Å²) in [6.45, 7) is 12.7. The first-order chi connectivity index (χ1) is 10.8. The fraction of sp³-hybridized carbons (Fsp3) is 0.312. The van der Waals surface area contributed by atoms with E-state index >= 15 is 0 Å². The monoisotopic (exact) mass is 333 g/mol. The molecule has 0 amide bonds. The molecule has 23 heavy (non-hydrogen) atoms. The van der Waals surface area contributed by atoms with Crippen molar-refractivity contribution in [2.45, 2.75) is 26.4 Å². The van der Waals surface area contributed by atoms with Crippen molar-refractivity contribution in [1.29, 1.82) is 0 Å². The summed E-state index contributed by atoms with van der Waals surface area (Å²) in [5.41, 5.74) is -0.0258. The van der Waals surface area contributed by atoms with Crippen molar-refractivity contribution >= 4 is 17.3 Å². The van der Waals surface area contributed by atoms with Crippen LogP contribution < -0.4 is 14.2 Å². The Bertz CT molecular complexity index is 751. The van der Waals surface area contributed by atoms with Gasteiger partial charge in [-0.3, -0.25) is 0 Å². The smallest absolute Gasteiger partial charge is 0.269 e. The Hall–Kier alpha value is -2.52. The molecule has 0 saturated carbocycles. The number of halogens is 1. The summed E-state index contributed by atoms with van der Waals surface area (Å²) in [7, 11) is 1.48. The Morgan fingerprint density at radius 3 is 2.43 bits per heavy atom. The molecule has 0 bridgehead atoms. The van der Waals surface area contributed by atoms with Crippen molar-refractivity contribution < 1.29 is 14.2 Å². The third-order valence-electron chi connectivity index (χ3n) is 2.60. The lowest BCUT2D eigenvalue weighted by Crippen LogP contribution is -2.24. The maximum Gasteiger partial charge on any atom is 0.269 e. The second kappa shape index (κ2) is 6.71. The van der Waals surface area contributed by atoms with Crippen LogP contribution in [-0.4, -0.2) is 22.7 Å². The van der Waals surface area contributed by atoms with E-state index in [-0.39, 0.29) is 17.5 Å². The largest absolute Gasteiger partial charge is 0.487 e. The number of methoxy groups -OCH3 is 1. The number of hydrogen-bond acceptors (Lipinski definition) is 5. The van der Waals surface area contributed by atoms with Crippen molar-refractivity contribution in [3.8, 4) is 23.3 Å². The van der Waals surface area contributed by atoms with Gasteiger partial charge in [-0.05, 0) is 32.9 Å². The summed E-state index contributed by atoms with van der Waals surface area (Å²) in [4.78, 5) is 11.4. The molecule has 0 fully saturated rings. The summed E-state index contributed by atoms with van der Waals surface area (Å²) >= 11 is 6.12. The first kappa shape index (κ1) is 16.8. The van der Waals surface area contributed by atoms with Crippen molar-refractivity contribution in [3.63, 3.8) is 0 Å². The minimum absolute atomic E-state index is 0.180. The van der Waals surface area contributed by atoms with Gasteiger partial charge in [0.1, 0.15) is 17.7 Å². The fourth-order valence-electron chi connectivity index (χ4n) is 1.70. The molecule has 0 aliphatic rings. The average Bonchev–Trinajstić information content (AvgIpc) is 2.48. The summed E-state index contributed by atoms with van der Waals surface area (Å²) in [5, 5.41) is 0.303. The molecule has 2 aromatic rings. The van der Waals surface area contributed by atoms with E-state index in [9.17, 15) is 0 Å². The Balaban J connectivity index is 2.37. The Morgan fingerprint density at radius 1 is 1.17 bits per heavy atom. The van der Waals surface area contributed by atoms with E-state index in [4.69, 9.17) is 32.4 Å². The lowest BCUT2D eigenvalue weighted by Gasteiger charge is -2.22. The predicted octanol–water partition coefficient (Wildman–Crippen LogP) is 4.66. The van der Waals surface area contributed by atoms with Crippen LogP contribution in [0.25, 0.3) is 4.85 Å². The van der Waals surface area contributed by atoms with Gasteiger partial charge < -0.3 is 14.2 Å². The van der Waals surface area contributed by atoms with Crippen LogP contribution in [0, 0.1) is 6.57 Å². The topological polar surface area (TPSA) is 57.8 Å². The molecule has 120 valence electrons. The average molecular weight is 334 g/mol. The highest BCUT2D eigenvalue weighted by Crippen LogP contribution is 2.39. The zero-order valence-corrected chi connectivity index (χ0v) is 14.0. The summed E-state index contributed by atoms with van der Waals surface area (Å²) in [6, 6.07) is 4.72. The first-order valence-electron chi connectivity index (χ1n) is 6.77. The molecule has 7 heteroatoms. The van der Waals surface area contributed by atoms with Gasteiger partial charge in [0.15, 0.2) is 5.69 Å². The molecule has 0 aliphatic carbocycles. The predicted molar refractivity (Wildman–Crippen MR) is 86.8 cm³/mol. The van der Waals surface area contributed by atoms with E-state index in [1.54, 1.807) is 12.1 Å². The molecule has 1 aromatic carbocycles. The van der Waals surface area contributed by atoms with Gasteiger partial charge in [-0.15, -0.1) is 0 Å². The molecular weight excluding hydrogens is 318 g/mol. The van der Waals surface area contributed by atoms with Crippen LogP contribution in [0.3, 0.4) is 0 Å². The number of nitrogens with zero attached hydrogens (tertiary/aromatic N) is 3. The molecule has 0 aliphatic heterocycles. The van der Waals surface area contributed by atoms with E-state index < -0.39 is 5.60 Å². The molecule has 2 rings (SSSR count). The Morgan fingerprint density at radius 2 is 1.87 bits per heavy atom. The highest BCUT2D eigenvalue weighted by molar-refractivity contribution is 6.32.